The van der Waals surface area contributed by atoms with E-state index < -0.39 is 117 Å². The van der Waals surface area contributed by atoms with Crippen molar-refractivity contribution in [1.29, 1.82) is 0 Å². The molecule has 11 unspecified atom stereocenters. The van der Waals surface area contributed by atoms with Gasteiger partial charge in [0.15, 0.2) is 0 Å². The van der Waals surface area contributed by atoms with Crippen LogP contribution in [0, 0.1) is 93.7 Å². The van der Waals surface area contributed by atoms with Crippen molar-refractivity contribution >= 4 is 53.7 Å². The van der Waals surface area contributed by atoms with Gasteiger partial charge < -0.3 is 42.6 Å². The second-order valence-corrected chi connectivity index (χ2v) is 35.2. The zero-order valence-electron chi connectivity index (χ0n) is 70.1. The van der Waals surface area contributed by atoms with Gasteiger partial charge in [-0.1, -0.05) is 213 Å². The van der Waals surface area contributed by atoms with Crippen LogP contribution < -0.4 is 0 Å². The molecule has 0 aromatic heterocycles. The Morgan fingerprint density at radius 1 is 0.271 bits per heavy atom. The minimum Gasteiger partial charge on any atom is -0.465 e. The molecule has 0 amide bonds. The van der Waals surface area contributed by atoms with Crippen LogP contribution in [0.15, 0.2) is 0 Å². The first-order chi connectivity index (χ1) is 51.3. The molecule has 18 heteroatoms. The van der Waals surface area contributed by atoms with Gasteiger partial charge in [0.05, 0.1) is 93.3 Å². The quantitative estimate of drug-likeness (QED) is 0.0312. The van der Waals surface area contributed by atoms with Gasteiger partial charge in [-0.15, -0.1) is 0 Å². The van der Waals surface area contributed by atoms with E-state index in [2.05, 4.69) is 96.9 Å². The van der Waals surface area contributed by atoms with Gasteiger partial charge in [-0.3, -0.25) is 38.4 Å². The summed E-state index contributed by atoms with van der Waals surface area (Å²) in [5.74, 6) is -15.8. The van der Waals surface area contributed by atoms with E-state index in [9.17, 15) is 4.79 Å². The number of ether oxygens (including phenoxy) is 9. The Morgan fingerprint density at radius 2 is 0.533 bits per heavy atom. The van der Waals surface area contributed by atoms with Crippen molar-refractivity contribution in [2.24, 2.45) is 93.7 Å². The summed E-state index contributed by atoms with van der Waals surface area (Å²) in [6.07, 6.45) is 23.9. The van der Waals surface area contributed by atoms with Gasteiger partial charge in [0, 0.05) is 0 Å². The first kappa shape index (κ1) is 94.6. The van der Waals surface area contributed by atoms with Crippen LogP contribution in [0.3, 0.4) is 0 Å². The van der Waals surface area contributed by atoms with Gasteiger partial charge in [0.25, 0.3) is 0 Å². The number of carbonyl (C=O) groups excluding carboxylic acids is 9. The van der Waals surface area contributed by atoms with Gasteiger partial charge >= 0.3 is 53.7 Å². The Balaban J connectivity index is 2.15. The predicted octanol–water partition coefficient (Wildman–Crippen LogP) is 20.5. The number of carbonyl (C=O) groups is 9. The third-order valence-electron chi connectivity index (χ3n) is 23.7. The zero-order valence-corrected chi connectivity index (χ0v) is 70.1. The molecule has 18 nitrogen and oxygen atoms in total. The van der Waals surface area contributed by atoms with E-state index >= 15 is 38.4 Å². The van der Waals surface area contributed by atoms with E-state index in [-0.39, 0.29) is 117 Å². The molecule has 0 radical (unpaired) electrons. The van der Waals surface area contributed by atoms with Crippen molar-refractivity contribution in [3.05, 3.63) is 0 Å². The van der Waals surface area contributed by atoms with E-state index in [1.165, 1.54) is 0 Å². The minimum atomic E-state index is -2.48. The molecule has 0 spiro atoms. The van der Waals surface area contributed by atoms with Gasteiger partial charge in [0.1, 0.15) is 5.92 Å². The van der Waals surface area contributed by atoms with Crippen molar-refractivity contribution in [3.63, 3.8) is 0 Å². The van der Waals surface area contributed by atoms with Crippen LogP contribution in [-0.2, 0) is 85.8 Å². The fourth-order valence-electron chi connectivity index (χ4n) is 17.9. The third kappa shape index (κ3) is 30.7. The van der Waals surface area contributed by atoms with E-state index in [4.69, 9.17) is 42.6 Å². The summed E-state index contributed by atoms with van der Waals surface area (Å²) < 4.78 is 57.8. The molecular formula is C89H154O18. The molecule has 0 N–H and O–H groups in total. The lowest BCUT2D eigenvalue weighted by molar-refractivity contribution is -0.218. The Labute approximate surface area is 648 Å². The highest BCUT2D eigenvalue weighted by Gasteiger charge is 2.71. The Hall–Kier alpha value is -4.77. The van der Waals surface area contributed by atoms with Crippen molar-refractivity contribution in [1.82, 2.24) is 0 Å². The minimum absolute atomic E-state index is 0.00757. The molecule has 4 rings (SSSR count). The summed E-state index contributed by atoms with van der Waals surface area (Å²) in [5, 5.41) is 0. The van der Waals surface area contributed by atoms with E-state index in [0.29, 0.717) is 106 Å². The first-order valence-corrected chi connectivity index (χ1v) is 43.8. The summed E-state index contributed by atoms with van der Waals surface area (Å²) in [6.45, 7) is 29.9. The maximum Gasteiger partial charge on any atom is 0.351 e. The fourth-order valence-corrected chi connectivity index (χ4v) is 17.9. The van der Waals surface area contributed by atoms with Crippen LogP contribution in [0.4, 0.5) is 0 Å². The topological polar surface area (TPSA) is 237 Å². The largest absolute Gasteiger partial charge is 0.465 e. The molecule has 11 atom stereocenters. The second kappa shape index (κ2) is 51.7. The molecule has 618 valence electrons. The molecule has 0 aromatic carbocycles. The lowest BCUT2D eigenvalue weighted by Gasteiger charge is -2.57. The molecular weight excluding hydrogens is 1360 g/mol. The average Bonchev–Trinajstić information content (AvgIpc) is 0.706. The van der Waals surface area contributed by atoms with Crippen LogP contribution in [0.2, 0.25) is 0 Å². The second-order valence-electron chi connectivity index (χ2n) is 35.2. The van der Waals surface area contributed by atoms with Crippen LogP contribution in [0.1, 0.15) is 360 Å². The molecule has 4 aliphatic rings. The van der Waals surface area contributed by atoms with Crippen LogP contribution in [0.5, 0.6) is 0 Å². The van der Waals surface area contributed by atoms with E-state index in [1.54, 1.807) is 0 Å². The summed E-state index contributed by atoms with van der Waals surface area (Å²) in [7, 11) is 0. The smallest absolute Gasteiger partial charge is 0.351 e. The monoisotopic (exact) mass is 1510 g/mol. The summed E-state index contributed by atoms with van der Waals surface area (Å²) in [5.41, 5.74) is -6.30. The highest BCUT2D eigenvalue weighted by atomic mass is 16.6. The normalized spacial score (nSPS) is 24.7. The van der Waals surface area contributed by atoms with Gasteiger partial charge in [0.2, 0.25) is 5.60 Å². The first-order valence-electron chi connectivity index (χ1n) is 43.8. The predicted molar refractivity (Wildman–Crippen MR) is 419 cm³/mol. The van der Waals surface area contributed by atoms with Gasteiger partial charge in [-0.25, -0.2) is 4.79 Å². The fraction of sp³-hybridized carbons (Fsp3) is 0.899. The molecule has 0 saturated heterocycles. The van der Waals surface area contributed by atoms with Crippen molar-refractivity contribution in [3.8, 4) is 0 Å². The molecule has 4 fully saturated rings. The standard InChI is InChI=1S/C89H154O18/c1-15-17-19-21-31-56-99-78(90)70-48-39-53-87(84(96)104-61-36-28-45-67(9)10,75(70)81(93)101-58-33-25-42-64(3)4)73-51-23-24-52-74(73)88(85(97)105-62-37-29-46-68(11)12)54-40-49-71(76(88)82(94)102-59-34-26-43-65(5)6)80(92)107-89(86(98)106-63-38-30-47-69(13)14)55-41-50-72(79(91)100-57-32-22-20-18-16-2)77(89)83(95)103-60-35-27-44-66(7)8/h64-77H,15-63H2,1-14H3. The van der Waals surface area contributed by atoms with Crippen molar-refractivity contribution in [2.75, 3.05) is 52.9 Å². The molecule has 0 heterocycles. The molecule has 4 saturated carbocycles. The molecule has 4 aliphatic carbocycles. The third-order valence-corrected chi connectivity index (χ3v) is 23.7. The van der Waals surface area contributed by atoms with E-state index in [1.807, 2.05) is 0 Å². The zero-order chi connectivity index (χ0) is 78.8. The number of hydrogen-bond acceptors (Lipinski definition) is 18. The average molecular weight is 1510 g/mol. The number of esters is 9. The van der Waals surface area contributed by atoms with Crippen molar-refractivity contribution in [2.45, 2.75) is 366 Å². The molecule has 107 heavy (non-hydrogen) atoms. The van der Waals surface area contributed by atoms with Crippen LogP contribution >= 0.6 is 0 Å². The number of hydrogen-bond donors (Lipinski definition) is 0. The lowest BCUT2D eigenvalue weighted by atomic mass is 9.44. The van der Waals surface area contributed by atoms with Crippen molar-refractivity contribution < 1.29 is 85.8 Å². The van der Waals surface area contributed by atoms with Gasteiger partial charge in [-0.05, 0) is 195 Å². The van der Waals surface area contributed by atoms with E-state index in [0.717, 1.165) is 128 Å². The SMILES string of the molecule is CCCCCCCOC(=O)C1CCCC(OC(=O)C2CCCC(C(=O)OCCCCC(C)C)(C3CCCCC3C3(C(=O)OCCCCC(C)C)CCCC(C(=O)OCCCCCCC)C3C(=O)OCCCCC(C)C)C2C(=O)OCCCCC(C)C)(C(=O)OCCCCC(C)C)C1C(=O)OCCCCC(C)C. The summed E-state index contributed by atoms with van der Waals surface area (Å²) in [4.78, 5) is 144. The number of unbranched alkanes of at least 4 members (excludes halogenated alkanes) is 14. The van der Waals surface area contributed by atoms with Crippen LogP contribution in [-0.4, -0.2) is 112 Å². The summed E-state index contributed by atoms with van der Waals surface area (Å²) in [6, 6.07) is 0. The Morgan fingerprint density at radius 3 is 0.860 bits per heavy atom. The highest BCUT2D eigenvalue weighted by Crippen LogP contribution is 2.64. The summed E-state index contributed by atoms with van der Waals surface area (Å²) >= 11 is 0. The molecule has 0 bridgehead atoms. The molecule has 0 aliphatic heterocycles. The highest BCUT2D eigenvalue weighted by molar-refractivity contribution is 5.96. The number of rotatable bonds is 54. The Kier molecular flexibility index (Phi) is 45.7. The molecule has 0 aromatic rings. The van der Waals surface area contributed by atoms with Crippen LogP contribution in [0.25, 0.3) is 0 Å². The maximum atomic E-state index is 16.8. The lowest BCUT2D eigenvalue weighted by Crippen LogP contribution is -2.64. The Bertz CT molecular complexity index is 2580. The van der Waals surface area contributed by atoms with Gasteiger partial charge in [-0.2, -0.15) is 0 Å². The maximum absolute atomic E-state index is 16.8.